The third kappa shape index (κ3) is 5.32. The van der Waals surface area contributed by atoms with Crippen molar-refractivity contribution >= 4 is 21.8 Å². The van der Waals surface area contributed by atoms with Gasteiger partial charge < -0.3 is 10.2 Å². The second-order valence-corrected chi connectivity index (χ2v) is 9.61. The number of sulfonamides is 1. The van der Waals surface area contributed by atoms with Crippen LogP contribution in [0, 0.1) is 18.8 Å². The topological polar surface area (TPSA) is 95.6 Å². The number of amides is 2. The number of hydrogen-bond acceptors (Lipinski definition) is 4. The van der Waals surface area contributed by atoms with Gasteiger partial charge in [-0.3, -0.25) is 9.59 Å². The molecule has 2 aliphatic rings. The first-order valence-corrected chi connectivity index (χ1v) is 11.4. The zero-order valence-electron chi connectivity index (χ0n) is 16.3. The molecule has 1 aliphatic heterocycles. The van der Waals surface area contributed by atoms with Gasteiger partial charge in [-0.15, -0.1) is 0 Å². The van der Waals surface area contributed by atoms with Gasteiger partial charge in [-0.1, -0.05) is 37.0 Å². The summed E-state index contributed by atoms with van der Waals surface area (Å²) in [4.78, 5) is 26.3. The van der Waals surface area contributed by atoms with Crippen molar-refractivity contribution in [2.45, 2.75) is 43.9 Å². The fraction of sp³-hybridized carbons (Fsp3) is 0.600. The van der Waals surface area contributed by atoms with Gasteiger partial charge in [0.25, 0.3) is 0 Å². The van der Waals surface area contributed by atoms with Crippen LogP contribution in [0.5, 0.6) is 0 Å². The Balaban J connectivity index is 1.42. The van der Waals surface area contributed by atoms with Crippen LogP contribution in [0.3, 0.4) is 0 Å². The zero-order valence-corrected chi connectivity index (χ0v) is 17.1. The summed E-state index contributed by atoms with van der Waals surface area (Å²) in [7, 11) is -3.75. The third-order valence-corrected chi connectivity index (χ3v) is 7.25. The van der Waals surface area contributed by atoms with Crippen molar-refractivity contribution in [1.29, 1.82) is 0 Å². The predicted octanol–water partition coefficient (Wildman–Crippen LogP) is 1.43. The Labute approximate surface area is 166 Å². The van der Waals surface area contributed by atoms with E-state index in [0.717, 1.165) is 31.0 Å². The van der Waals surface area contributed by atoms with Crippen LogP contribution >= 0.6 is 0 Å². The average Bonchev–Trinajstić information content (AvgIpc) is 2.70. The zero-order chi connectivity index (χ0) is 20.1. The molecule has 1 aromatic carbocycles. The molecular weight excluding hydrogens is 378 g/mol. The van der Waals surface area contributed by atoms with E-state index in [1.165, 1.54) is 37.8 Å². The van der Waals surface area contributed by atoms with Crippen LogP contribution in [-0.2, 0) is 19.6 Å². The summed E-state index contributed by atoms with van der Waals surface area (Å²) in [5.41, 5.74) is 0.951. The van der Waals surface area contributed by atoms with Crippen molar-refractivity contribution in [3.05, 3.63) is 29.8 Å². The summed E-state index contributed by atoms with van der Waals surface area (Å²) in [6, 6.07) is 6.38. The Morgan fingerprint density at radius 3 is 2.43 bits per heavy atom. The van der Waals surface area contributed by atoms with Gasteiger partial charge in [-0.2, -0.15) is 0 Å². The molecule has 1 saturated heterocycles. The first kappa shape index (κ1) is 20.8. The number of fused-ring (bicyclic) bond motifs is 1. The summed E-state index contributed by atoms with van der Waals surface area (Å²) in [6.45, 7) is 2.90. The minimum atomic E-state index is -3.75. The first-order chi connectivity index (χ1) is 13.3. The van der Waals surface area contributed by atoms with E-state index in [4.69, 9.17) is 0 Å². The lowest BCUT2D eigenvalue weighted by atomic mass is 9.75. The quantitative estimate of drug-likeness (QED) is 0.746. The summed E-state index contributed by atoms with van der Waals surface area (Å²) in [6.07, 6.45) is 6.03. The molecule has 0 spiro atoms. The van der Waals surface area contributed by atoms with Gasteiger partial charge in [0.1, 0.15) is 0 Å². The van der Waals surface area contributed by atoms with Crippen molar-refractivity contribution in [1.82, 2.24) is 14.9 Å². The van der Waals surface area contributed by atoms with E-state index < -0.39 is 22.5 Å². The number of likely N-dealkylation sites (tertiary alicyclic amines) is 1. The maximum Gasteiger partial charge on any atom is 0.241 e. The number of nitrogens with one attached hydrogen (secondary N) is 2. The largest absolute Gasteiger partial charge is 0.346 e. The number of carbonyl (C=O) groups excluding carboxylic acids is 2. The highest BCUT2D eigenvalue weighted by Gasteiger charge is 2.32. The predicted molar refractivity (Wildman–Crippen MR) is 106 cm³/mol. The second-order valence-electron chi connectivity index (χ2n) is 7.85. The Bertz CT molecular complexity index is 807. The molecule has 2 N–H and O–H groups in total. The fourth-order valence-corrected chi connectivity index (χ4v) is 5.12. The van der Waals surface area contributed by atoms with Crippen LogP contribution in [0.1, 0.15) is 37.7 Å². The maximum absolute atomic E-state index is 12.4. The van der Waals surface area contributed by atoms with Gasteiger partial charge in [0.2, 0.25) is 21.8 Å². The first-order valence-electron chi connectivity index (χ1n) is 9.96. The molecule has 0 bridgehead atoms. The second kappa shape index (κ2) is 9.05. The number of benzene rings is 1. The number of carbonyl (C=O) groups is 2. The maximum atomic E-state index is 12.4. The molecule has 2 amide bonds. The Hall–Kier alpha value is -1.93. The van der Waals surface area contributed by atoms with Crippen molar-refractivity contribution in [2.24, 2.45) is 11.8 Å². The van der Waals surface area contributed by atoms with Gasteiger partial charge in [-0.05, 0) is 43.7 Å². The van der Waals surface area contributed by atoms with E-state index in [2.05, 4.69) is 10.0 Å². The molecule has 8 heteroatoms. The molecule has 0 radical (unpaired) electrons. The Kier molecular flexibility index (Phi) is 6.72. The molecule has 3 rings (SSSR count). The van der Waals surface area contributed by atoms with Gasteiger partial charge in [0.15, 0.2) is 0 Å². The highest BCUT2D eigenvalue weighted by Crippen LogP contribution is 2.35. The van der Waals surface area contributed by atoms with Crippen LogP contribution in [0.2, 0.25) is 0 Å². The van der Waals surface area contributed by atoms with Crippen molar-refractivity contribution in [2.75, 3.05) is 26.2 Å². The van der Waals surface area contributed by atoms with Gasteiger partial charge in [-0.25, -0.2) is 13.1 Å². The third-order valence-electron chi connectivity index (χ3n) is 5.83. The minimum absolute atomic E-state index is 0.0948. The Morgan fingerprint density at radius 2 is 1.71 bits per heavy atom. The lowest BCUT2D eigenvalue weighted by molar-refractivity contribution is -0.135. The van der Waals surface area contributed by atoms with Gasteiger partial charge in [0, 0.05) is 13.1 Å². The smallest absolute Gasteiger partial charge is 0.241 e. The normalized spacial score (nSPS) is 22.4. The highest BCUT2D eigenvalue weighted by molar-refractivity contribution is 7.89. The number of rotatable bonds is 6. The van der Waals surface area contributed by atoms with Crippen LogP contribution in [-0.4, -0.2) is 51.3 Å². The lowest BCUT2D eigenvalue weighted by Gasteiger charge is -2.41. The highest BCUT2D eigenvalue weighted by atomic mass is 32.2. The average molecular weight is 408 g/mol. The van der Waals surface area contributed by atoms with Crippen LogP contribution < -0.4 is 10.0 Å². The van der Waals surface area contributed by atoms with E-state index in [1.54, 1.807) is 12.1 Å². The summed E-state index contributed by atoms with van der Waals surface area (Å²) < 4.78 is 26.7. The van der Waals surface area contributed by atoms with Crippen LogP contribution in [0.4, 0.5) is 0 Å². The van der Waals surface area contributed by atoms with E-state index in [0.29, 0.717) is 5.92 Å². The molecule has 7 nitrogen and oxygen atoms in total. The minimum Gasteiger partial charge on any atom is -0.346 e. The van der Waals surface area contributed by atoms with E-state index in [9.17, 15) is 18.0 Å². The summed E-state index contributed by atoms with van der Waals surface area (Å²) in [5, 5.41) is 2.53. The lowest BCUT2D eigenvalue weighted by Crippen LogP contribution is -2.49. The number of hydrogen-bond donors (Lipinski definition) is 2. The number of piperidine rings is 1. The SMILES string of the molecule is Cc1ccc(S(=O)(=O)NCC(=O)NCC(=O)N2CC[C@@H]3CCCC[C@H]3C2)cc1. The molecule has 28 heavy (non-hydrogen) atoms. The Morgan fingerprint density at radius 1 is 1.04 bits per heavy atom. The molecule has 2 atom stereocenters. The molecule has 1 aliphatic carbocycles. The van der Waals surface area contributed by atoms with E-state index >= 15 is 0 Å². The van der Waals surface area contributed by atoms with Crippen LogP contribution in [0.25, 0.3) is 0 Å². The van der Waals surface area contributed by atoms with Gasteiger partial charge >= 0.3 is 0 Å². The fourth-order valence-electron chi connectivity index (χ4n) is 4.14. The van der Waals surface area contributed by atoms with Crippen molar-refractivity contribution < 1.29 is 18.0 Å². The molecule has 1 aromatic rings. The standard InChI is InChI=1S/C20H29N3O4S/c1-15-6-8-18(9-7-15)28(26,27)22-12-19(24)21-13-20(25)23-11-10-16-4-2-3-5-17(16)14-23/h6-9,16-17,22H,2-5,10-14H2,1H3,(H,21,24)/t16-,17-/m0/s1. The molecule has 2 fully saturated rings. The van der Waals surface area contributed by atoms with Gasteiger partial charge in [0.05, 0.1) is 18.0 Å². The molecule has 1 saturated carbocycles. The number of nitrogens with zero attached hydrogens (tertiary/aromatic N) is 1. The summed E-state index contributed by atoms with van der Waals surface area (Å²) in [5.74, 6) is 0.711. The van der Waals surface area contributed by atoms with Crippen LogP contribution in [0.15, 0.2) is 29.2 Å². The summed E-state index contributed by atoms with van der Waals surface area (Å²) >= 11 is 0. The van der Waals surface area contributed by atoms with Crippen molar-refractivity contribution in [3.63, 3.8) is 0 Å². The molecular formula is C20H29N3O4S. The van der Waals surface area contributed by atoms with E-state index in [1.807, 2.05) is 11.8 Å². The van der Waals surface area contributed by atoms with E-state index in [-0.39, 0.29) is 17.3 Å². The molecule has 1 heterocycles. The van der Waals surface area contributed by atoms with Crippen molar-refractivity contribution in [3.8, 4) is 0 Å². The number of aryl methyl sites for hydroxylation is 1. The molecule has 154 valence electrons. The molecule has 0 aromatic heterocycles. The monoisotopic (exact) mass is 407 g/mol. The molecule has 0 unspecified atom stereocenters.